The van der Waals surface area contributed by atoms with Gasteiger partial charge in [0.2, 0.25) is 5.76 Å². The number of aromatic hydroxyl groups is 1. The molecule has 8 heteroatoms. The lowest BCUT2D eigenvalue weighted by molar-refractivity contribution is 0.0233. The van der Waals surface area contributed by atoms with Crippen molar-refractivity contribution < 1.29 is 23.6 Å². The number of amides is 1. The number of nitrogens with zero attached hydrogens (tertiary/aromatic N) is 2. The molecule has 154 valence electrons. The van der Waals surface area contributed by atoms with Gasteiger partial charge in [0.15, 0.2) is 0 Å². The highest BCUT2D eigenvalue weighted by Gasteiger charge is 2.47. The minimum atomic E-state index is -0.520. The SMILES string of the molecule is O=C1c2onc(-c3cc(F)ccc3O)c2C(c2ccc(Cl)cc2)N1C1CCOCC1. The third-order valence-electron chi connectivity index (χ3n) is 5.69. The maximum atomic E-state index is 13.9. The van der Waals surface area contributed by atoms with Crippen LogP contribution in [0.5, 0.6) is 5.75 Å². The summed E-state index contributed by atoms with van der Waals surface area (Å²) in [6, 6.07) is 10.3. The number of aromatic nitrogens is 1. The van der Waals surface area contributed by atoms with E-state index in [0.29, 0.717) is 36.6 Å². The first-order valence-electron chi connectivity index (χ1n) is 9.69. The molecule has 5 rings (SSSR count). The van der Waals surface area contributed by atoms with Gasteiger partial charge in [-0.25, -0.2) is 4.39 Å². The van der Waals surface area contributed by atoms with Gasteiger partial charge >= 0.3 is 0 Å². The molecular weight excluding hydrogens is 411 g/mol. The first kappa shape index (κ1) is 19.1. The molecule has 0 aliphatic carbocycles. The lowest BCUT2D eigenvalue weighted by Crippen LogP contribution is -2.42. The number of phenols is 1. The van der Waals surface area contributed by atoms with Crippen LogP contribution in [0.1, 0.15) is 40.6 Å². The topological polar surface area (TPSA) is 75.8 Å². The molecular formula is C22H18ClFN2O4. The summed E-state index contributed by atoms with van der Waals surface area (Å²) in [6.07, 6.45) is 1.40. The van der Waals surface area contributed by atoms with E-state index >= 15 is 0 Å². The molecule has 2 aliphatic rings. The molecule has 1 amide bonds. The Labute approximate surface area is 176 Å². The Hall–Kier alpha value is -2.90. The number of carbonyl (C=O) groups excluding carboxylic acids is 1. The molecule has 0 bridgehead atoms. The van der Waals surface area contributed by atoms with Crippen molar-refractivity contribution in [2.75, 3.05) is 13.2 Å². The van der Waals surface area contributed by atoms with Crippen molar-refractivity contribution in [3.63, 3.8) is 0 Å². The fourth-order valence-electron chi connectivity index (χ4n) is 4.28. The van der Waals surface area contributed by atoms with Gasteiger partial charge in [0.05, 0.1) is 11.6 Å². The zero-order valence-electron chi connectivity index (χ0n) is 15.8. The lowest BCUT2D eigenvalue weighted by Gasteiger charge is -2.36. The maximum Gasteiger partial charge on any atom is 0.293 e. The number of carbonyl (C=O) groups is 1. The zero-order valence-corrected chi connectivity index (χ0v) is 16.6. The van der Waals surface area contributed by atoms with Gasteiger partial charge in [-0.15, -0.1) is 0 Å². The van der Waals surface area contributed by atoms with Crippen LogP contribution in [0.2, 0.25) is 5.02 Å². The Balaban J connectivity index is 1.69. The Bertz CT molecular complexity index is 1110. The molecule has 0 radical (unpaired) electrons. The van der Waals surface area contributed by atoms with Crippen molar-refractivity contribution in [1.29, 1.82) is 0 Å². The highest BCUT2D eigenvalue weighted by Crippen LogP contribution is 2.47. The van der Waals surface area contributed by atoms with Crippen LogP contribution in [-0.4, -0.2) is 40.3 Å². The summed E-state index contributed by atoms with van der Waals surface area (Å²) in [7, 11) is 0. The van der Waals surface area contributed by atoms with E-state index in [2.05, 4.69) is 5.16 Å². The minimum Gasteiger partial charge on any atom is -0.507 e. The van der Waals surface area contributed by atoms with Gasteiger partial charge in [-0.3, -0.25) is 4.79 Å². The smallest absolute Gasteiger partial charge is 0.293 e. The standard InChI is InChI=1S/C22H18ClFN2O4/c23-13-3-1-12(2-4-13)20-18-19(16-11-14(24)5-6-17(16)27)25-30-21(18)22(28)26(20)15-7-9-29-10-8-15/h1-6,11,15,20,27H,7-10H2. The summed E-state index contributed by atoms with van der Waals surface area (Å²) >= 11 is 6.07. The summed E-state index contributed by atoms with van der Waals surface area (Å²) in [6.45, 7) is 1.14. The molecule has 3 heterocycles. The lowest BCUT2D eigenvalue weighted by atomic mass is 9.94. The van der Waals surface area contributed by atoms with E-state index in [9.17, 15) is 14.3 Å². The molecule has 3 aromatic rings. The first-order valence-corrected chi connectivity index (χ1v) is 10.1. The highest BCUT2D eigenvalue weighted by molar-refractivity contribution is 6.30. The number of hydrogen-bond donors (Lipinski definition) is 1. The number of halogens is 2. The van der Waals surface area contributed by atoms with Crippen LogP contribution < -0.4 is 0 Å². The molecule has 1 N–H and O–H groups in total. The first-order chi connectivity index (χ1) is 14.5. The van der Waals surface area contributed by atoms with Crippen LogP contribution in [0.15, 0.2) is 47.0 Å². The van der Waals surface area contributed by atoms with Crippen LogP contribution in [0, 0.1) is 5.82 Å². The Morgan fingerprint density at radius 2 is 1.87 bits per heavy atom. The van der Waals surface area contributed by atoms with E-state index in [1.807, 2.05) is 12.1 Å². The van der Waals surface area contributed by atoms with E-state index in [1.54, 1.807) is 17.0 Å². The maximum absolute atomic E-state index is 13.9. The van der Waals surface area contributed by atoms with Crippen molar-refractivity contribution in [3.8, 4) is 17.0 Å². The van der Waals surface area contributed by atoms with Crippen molar-refractivity contribution in [2.45, 2.75) is 24.9 Å². The number of benzene rings is 2. The molecule has 1 fully saturated rings. The number of hydrogen-bond acceptors (Lipinski definition) is 5. The molecule has 1 atom stereocenters. The van der Waals surface area contributed by atoms with Crippen molar-refractivity contribution in [2.24, 2.45) is 0 Å². The predicted molar refractivity (Wildman–Crippen MR) is 107 cm³/mol. The average Bonchev–Trinajstić information content (AvgIpc) is 3.30. The summed E-state index contributed by atoms with van der Waals surface area (Å²) in [4.78, 5) is 15.1. The summed E-state index contributed by atoms with van der Waals surface area (Å²) in [5.41, 5.74) is 1.79. The largest absolute Gasteiger partial charge is 0.507 e. The molecule has 1 saturated heterocycles. The fourth-order valence-corrected chi connectivity index (χ4v) is 4.41. The van der Waals surface area contributed by atoms with Gasteiger partial charge in [0.25, 0.3) is 5.91 Å². The number of rotatable bonds is 3. The van der Waals surface area contributed by atoms with Crippen LogP contribution in [0.25, 0.3) is 11.3 Å². The van der Waals surface area contributed by atoms with Crippen molar-refractivity contribution in [1.82, 2.24) is 10.1 Å². The van der Waals surface area contributed by atoms with Crippen LogP contribution in [-0.2, 0) is 4.74 Å². The molecule has 0 spiro atoms. The Morgan fingerprint density at radius 3 is 2.60 bits per heavy atom. The Morgan fingerprint density at radius 1 is 1.13 bits per heavy atom. The van der Waals surface area contributed by atoms with Gasteiger partial charge < -0.3 is 19.3 Å². The molecule has 30 heavy (non-hydrogen) atoms. The second-order valence-electron chi connectivity index (χ2n) is 7.45. The second kappa shape index (κ2) is 7.41. The fraction of sp³-hybridized carbons (Fsp3) is 0.273. The van der Waals surface area contributed by atoms with E-state index < -0.39 is 11.9 Å². The van der Waals surface area contributed by atoms with Crippen molar-refractivity contribution >= 4 is 17.5 Å². The monoisotopic (exact) mass is 428 g/mol. The van der Waals surface area contributed by atoms with Crippen LogP contribution >= 0.6 is 11.6 Å². The molecule has 2 aliphatic heterocycles. The van der Waals surface area contributed by atoms with E-state index in [1.165, 1.54) is 12.1 Å². The molecule has 1 unspecified atom stereocenters. The summed E-state index contributed by atoms with van der Waals surface area (Å²) in [5, 5.41) is 14.9. The van der Waals surface area contributed by atoms with Crippen LogP contribution in [0.4, 0.5) is 4.39 Å². The van der Waals surface area contributed by atoms with E-state index in [4.69, 9.17) is 20.9 Å². The predicted octanol–water partition coefficient (Wildman–Crippen LogP) is 4.56. The number of ether oxygens (including phenoxy) is 1. The van der Waals surface area contributed by atoms with Gasteiger partial charge in [-0.05, 0) is 48.7 Å². The van der Waals surface area contributed by atoms with E-state index in [0.717, 1.165) is 11.6 Å². The minimum absolute atomic E-state index is 0.0384. The molecule has 6 nitrogen and oxygen atoms in total. The van der Waals surface area contributed by atoms with Gasteiger partial charge in [-0.2, -0.15) is 0 Å². The number of fused-ring (bicyclic) bond motifs is 1. The van der Waals surface area contributed by atoms with Gasteiger partial charge in [0, 0.05) is 29.8 Å². The van der Waals surface area contributed by atoms with Gasteiger partial charge in [0.1, 0.15) is 17.3 Å². The second-order valence-corrected chi connectivity index (χ2v) is 7.88. The number of phenolic OH excluding ortho intramolecular Hbond substituents is 1. The molecule has 0 saturated carbocycles. The van der Waals surface area contributed by atoms with Gasteiger partial charge in [-0.1, -0.05) is 28.9 Å². The summed E-state index contributed by atoms with van der Waals surface area (Å²) < 4.78 is 24.8. The van der Waals surface area contributed by atoms with E-state index in [-0.39, 0.29) is 34.7 Å². The normalized spacial score (nSPS) is 19.3. The van der Waals surface area contributed by atoms with Crippen LogP contribution in [0.3, 0.4) is 0 Å². The third kappa shape index (κ3) is 3.05. The average molecular weight is 429 g/mol. The molecule has 1 aromatic heterocycles. The summed E-state index contributed by atoms with van der Waals surface area (Å²) in [5.74, 6) is -0.820. The highest BCUT2D eigenvalue weighted by atomic mass is 35.5. The third-order valence-corrected chi connectivity index (χ3v) is 5.94. The van der Waals surface area contributed by atoms with Crippen molar-refractivity contribution in [3.05, 3.63) is 70.2 Å². The molecule has 2 aromatic carbocycles. The quantitative estimate of drug-likeness (QED) is 0.661. The Kier molecular flexibility index (Phi) is 4.72. The zero-order chi connectivity index (χ0) is 20.8.